The maximum Gasteiger partial charge on any atom is 0.152 e. The van der Waals surface area contributed by atoms with Crippen molar-refractivity contribution >= 4 is 9.84 Å². The zero-order chi connectivity index (χ0) is 15.2. The lowest BCUT2D eigenvalue weighted by Crippen LogP contribution is -2.29. The summed E-state index contributed by atoms with van der Waals surface area (Å²) in [6.07, 6.45) is 0.731. The first-order valence-electron chi connectivity index (χ1n) is 7.34. The highest BCUT2D eigenvalue weighted by Crippen LogP contribution is 2.17. The van der Waals surface area contributed by atoms with Crippen LogP contribution in [0.4, 0.5) is 0 Å². The molecule has 1 N–H and O–H groups in total. The summed E-state index contributed by atoms with van der Waals surface area (Å²) in [5.74, 6) is 0.872. The molecular formula is C16H27NO2S. The third-order valence-corrected chi connectivity index (χ3v) is 5.06. The van der Waals surface area contributed by atoms with Crippen molar-refractivity contribution in [3.63, 3.8) is 0 Å². The van der Waals surface area contributed by atoms with Crippen LogP contribution < -0.4 is 5.32 Å². The lowest BCUT2D eigenvalue weighted by Gasteiger charge is -2.19. The molecular weight excluding hydrogens is 270 g/mol. The number of sulfone groups is 1. The summed E-state index contributed by atoms with van der Waals surface area (Å²) in [6.45, 7) is 8.90. The predicted octanol–water partition coefficient (Wildman–Crippen LogP) is 3.11. The molecule has 0 amide bonds. The summed E-state index contributed by atoms with van der Waals surface area (Å²) in [4.78, 5) is 0. The van der Waals surface area contributed by atoms with E-state index in [1.807, 2.05) is 38.1 Å². The van der Waals surface area contributed by atoms with E-state index in [0.717, 1.165) is 18.5 Å². The quantitative estimate of drug-likeness (QED) is 0.802. The normalized spacial score (nSPS) is 13.7. The molecule has 0 aliphatic rings. The second-order valence-corrected chi connectivity index (χ2v) is 8.05. The van der Waals surface area contributed by atoms with Crippen LogP contribution in [-0.4, -0.2) is 26.5 Å². The Labute approximate surface area is 123 Å². The molecule has 0 saturated carbocycles. The van der Waals surface area contributed by atoms with Gasteiger partial charge in [-0.3, -0.25) is 0 Å². The van der Waals surface area contributed by atoms with E-state index in [2.05, 4.69) is 19.2 Å². The van der Waals surface area contributed by atoms with E-state index in [-0.39, 0.29) is 17.5 Å². The largest absolute Gasteiger partial charge is 0.309 e. The summed E-state index contributed by atoms with van der Waals surface area (Å²) >= 11 is 0. The Morgan fingerprint density at radius 1 is 1.15 bits per heavy atom. The Balaban J connectivity index is 2.79. The highest BCUT2D eigenvalue weighted by molar-refractivity contribution is 7.91. The number of aryl methyl sites for hydroxylation is 1. The van der Waals surface area contributed by atoms with E-state index < -0.39 is 9.84 Å². The average Bonchev–Trinajstić information content (AvgIpc) is 2.37. The van der Waals surface area contributed by atoms with Crippen LogP contribution in [0.3, 0.4) is 0 Å². The van der Waals surface area contributed by atoms with Crippen LogP contribution in [0.2, 0.25) is 0 Å². The van der Waals surface area contributed by atoms with Gasteiger partial charge in [-0.25, -0.2) is 8.42 Å². The Kier molecular flexibility index (Phi) is 6.69. The minimum absolute atomic E-state index is 0.113. The molecule has 0 aliphatic carbocycles. The zero-order valence-electron chi connectivity index (χ0n) is 13.0. The van der Waals surface area contributed by atoms with Crippen molar-refractivity contribution in [1.82, 2.24) is 5.32 Å². The molecule has 0 bridgehead atoms. The molecule has 1 rings (SSSR count). The predicted molar refractivity (Wildman–Crippen MR) is 85.7 cm³/mol. The molecule has 1 unspecified atom stereocenters. The van der Waals surface area contributed by atoms with Gasteiger partial charge in [-0.1, -0.05) is 50.6 Å². The van der Waals surface area contributed by atoms with Gasteiger partial charge in [0, 0.05) is 6.04 Å². The van der Waals surface area contributed by atoms with Crippen molar-refractivity contribution in [2.75, 3.05) is 18.1 Å². The first-order valence-corrected chi connectivity index (χ1v) is 9.16. The Hall–Kier alpha value is -0.870. The van der Waals surface area contributed by atoms with Crippen LogP contribution in [-0.2, 0) is 9.84 Å². The van der Waals surface area contributed by atoms with E-state index in [9.17, 15) is 8.42 Å². The number of nitrogens with one attached hydrogen (secondary N) is 1. The van der Waals surface area contributed by atoms with Crippen molar-refractivity contribution in [2.45, 2.75) is 40.2 Å². The van der Waals surface area contributed by atoms with Gasteiger partial charge in [-0.15, -0.1) is 0 Å². The van der Waals surface area contributed by atoms with Gasteiger partial charge in [-0.2, -0.15) is 0 Å². The fourth-order valence-electron chi connectivity index (χ4n) is 2.07. The fraction of sp³-hybridized carbons (Fsp3) is 0.625. The molecule has 0 heterocycles. The monoisotopic (exact) mass is 297 g/mol. The lowest BCUT2D eigenvalue weighted by atomic mass is 10.1. The van der Waals surface area contributed by atoms with Gasteiger partial charge in [0.2, 0.25) is 0 Å². The van der Waals surface area contributed by atoms with E-state index in [0.29, 0.717) is 5.92 Å². The van der Waals surface area contributed by atoms with Crippen molar-refractivity contribution in [3.8, 4) is 0 Å². The van der Waals surface area contributed by atoms with Gasteiger partial charge in [-0.05, 0) is 31.4 Å². The van der Waals surface area contributed by atoms with Gasteiger partial charge >= 0.3 is 0 Å². The van der Waals surface area contributed by atoms with Gasteiger partial charge in [0.1, 0.15) is 0 Å². The lowest BCUT2D eigenvalue weighted by molar-refractivity contribution is 0.548. The summed E-state index contributed by atoms with van der Waals surface area (Å²) in [5, 5.41) is 3.28. The molecule has 114 valence electrons. The molecule has 4 heteroatoms. The molecule has 3 nitrogen and oxygen atoms in total. The van der Waals surface area contributed by atoms with Crippen molar-refractivity contribution in [3.05, 3.63) is 35.4 Å². The number of rotatable bonds is 8. The third kappa shape index (κ3) is 6.06. The summed E-state index contributed by atoms with van der Waals surface area (Å²) in [7, 11) is -3.02. The molecule has 0 aromatic heterocycles. The van der Waals surface area contributed by atoms with Gasteiger partial charge < -0.3 is 5.32 Å². The second-order valence-electron chi connectivity index (χ2n) is 5.82. The fourth-order valence-corrected chi connectivity index (χ4v) is 3.89. The molecule has 1 atom stereocenters. The molecule has 0 aliphatic heterocycles. The number of hydrogen-bond donors (Lipinski definition) is 1. The second kappa shape index (κ2) is 7.79. The Morgan fingerprint density at radius 2 is 1.75 bits per heavy atom. The Bertz CT molecular complexity index is 492. The minimum atomic E-state index is -3.02. The van der Waals surface area contributed by atoms with Crippen LogP contribution in [0.25, 0.3) is 0 Å². The summed E-state index contributed by atoms with van der Waals surface area (Å²) < 4.78 is 24.4. The van der Waals surface area contributed by atoms with Crippen LogP contribution >= 0.6 is 0 Å². The highest BCUT2D eigenvalue weighted by atomic mass is 32.2. The SMILES string of the molecule is CCNC(CS(=O)(=O)CCC(C)C)c1ccc(C)cc1. The molecule has 1 aromatic rings. The topological polar surface area (TPSA) is 46.2 Å². The molecule has 0 spiro atoms. The van der Waals surface area contributed by atoms with E-state index in [1.165, 1.54) is 5.56 Å². The average molecular weight is 297 g/mol. The van der Waals surface area contributed by atoms with E-state index >= 15 is 0 Å². The smallest absolute Gasteiger partial charge is 0.152 e. The summed E-state index contributed by atoms with van der Waals surface area (Å²) in [6, 6.07) is 7.97. The van der Waals surface area contributed by atoms with E-state index in [4.69, 9.17) is 0 Å². The standard InChI is InChI=1S/C16H27NO2S/c1-5-17-16(15-8-6-14(4)7-9-15)12-20(18,19)11-10-13(2)3/h6-9,13,16-17H,5,10-12H2,1-4H3. The molecule has 20 heavy (non-hydrogen) atoms. The van der Waals surface area contributed by atoms with Crippen molar-refractivity contribution < 1.29 is 8.42 Å². The maximum absolute atomic E-state index is 12.2. The van der Waals surface area contributed by atoms with Gasteiger partial charge in [0.15, 0.2) is 9.84 Å². The first-order chi connectivity index (χ1) is 9.34. The minimum Gasteiger partial charge on any atom is -0.309 e. The van der Waals surface area contributed by atoms with Gasteiger partial charge in [0.25, 0.3) is 0 Å². The molecule has 0 fully saturated rings. The maximum atomic E-state index is 12.2. The molecule has 0 saturated heterocycles. The van der Waals surface area contributed by atoms with Crippen LogP contribution in [0.15, 0.2) is 24.3 Å². The summed E-state index contributed by atoms with van der Waals surface area (Å²) in [5.41, 5.74) is 2.23. The first kappa shape index (κ1) is 17.2. The van der Waals surface area contributed by atoms with E-state index in [1.54, 1.807) is 0 Å². The third-order valence-electron chi connectivity index (χ3n) is 3.36. The molecule has 0 radical (unpaired) electrons. The molecule has 1 aromatic carbocycles. The number of benzene rings is 1. The van der Waals surface area contributed by atoms with Gasteiger partial charge in [0.05, 0.1) is 11.5 Å². The van der Waals surface area contributed by atoms with Crippen LogP contribution in [0.1, 0.15) is 44.4 Å². The van der Waals surface area contributed by atoms with Crippen molar-refractivity contribution in [1.29, 1.82) is 0 Å². The Morgan fingerprint density at radius 3 is 2.25 bits per heavy atom. The zero-order valence-corrected chi connectivity index (χ0v) is 13.8. The van der Waals surface area contributed by atoms with Crippen molar-refractivity contribution in [2.24, 2.45) is 5.92 Å². The van der Waals surface area contributed by atoms with Crippen LogP contribution in [0.5, 0.6) is 0 Å². The highest BCUT2D eigenvalue weighted by Gasteiger charge is 2.20. The van der Waals surface area contributed by atoms with Crippen LogP contribution in [0, 0.1) is 12.8 Å². The number of hydrogen-bond acceptors (Lipinski definition) is 3.